The van der Waals surface area contributed by atoms with Crippen LogP contribution in [0.4, 0.5) is 5.69 Å². The molecule has 0 bridgehead atoms. The van der Waals surface area contributed by atoms with E-state index in [0.717, 1.165) is 33.7 Å². The van der Waals surface area contributed by atoms with Crippen LogP contribution in [0.15, 0.2) is 72.8 Å². The molecule has 1 aliphatic rings. The number of nitrogens with zero attached hydrogens (tertiary/aromatic N) is 2. The monoisotopic (exact) mass is 467 g/mol. The van der Waals surface area contributed by atoms with Crippen LogP contribution in [0.2, 0.25) is 0 Å². The van der Waals surface area contributed by atoms with E-state index in [1.165, 1.54) is 0 Å². The summed E-state index contributed by atoms with van der Waals surface area (Å²) in [5.41, 5.74) is 6.11. The number of hydrogen-bond acceptors (Lipinski definition) is 5. The van der Waals surface area contributed by atoms with Gasteiger partial charge >= 0.3 is 5.97 Å². The van der Waals surface area contributed by atoms with E-state index in [1.807, 2.05) is 55.5 Å². The molecule has 0 fully saturated rings. The number of rotatable bonds is 6. The molecular weight excluding hydrogens is 442 g/mol. The van der Waals surface area contributed by atoms with Crippen molar-refractivity contribution in [1.29, 1.82) is 0 Å². The summed E-state index contributed by atoms with van der Waals surface area (Å²) in [5, 5.41) is 7.50. The number of carbonyl (C=O) groups excluding carboxylic acids is 2. The Morgan fingerprint density at radius 3 is 2.31 bits per heavy atom. The number of fused-ring (bicyclic) bond motifs is 1. The van der Waals surface area contributed by atoms with Gasteiger partial charge in [-0.2, -0.15) is 5.10 Å². The largest absolute Gasteiger partial charge is 0.497 e. The second-order valence-corrected chi connectivity index (χ2v) is 8.35. The third-order valence-corrected chi connectivity index (χ3v) is 6.18. The van der Waals surface area contributed by atoms with Crippen molar-refractivity contribution in [1.82, 2.24) is 10.2 Å². The molecule has 4 aromatic rings. The maximum atomic E-state index is 13.7. The lowest BCUT2D eigenvalue weighted by Crippen LogP contribution is -2.29. The zero-order valence-corrected chi connectivity index (χ0v) is 19.7. The van der Waals surface area contributed by atoms with Gasteiger partial charge in [0, 0.05) is 16.8 Å². The lowest BCUT2D eigenvalue weighted by Gasteiger charge is -2.26. The minimum absolute atomic E-state index is 0.185. The van der Waals surface area contributed by atoms with Crippen LogP contribution in [0.3, 0.4) is 0 Å². The number of carbonyl (C=O) groups is 2. The number of aromatic nitrogens is 2. The van der Waals surface area contributed by atoms with Crippen LogP contribution >= 0.6 is 0 Å². The number of benzene rings is 3. The molecule has 7 nitrogen and oxygen atoms in total. The van der Waals surface area contributed by atoms with E-state index in [2.05, 4.69) is 10.2 Å². The summed E-state index contributed by atoms with van der Waals surface area (Å²) in [6, 6.07) is 22.2. The van der Waals surface area contributed by atoms with Crippen molar-refractivity contribution < 1.29 is 19.1 Å². The highest BCUT2D eigenvalue weighted by atomic mass is 16.5. The fourth-order valence-corrected chi connectivity index (χ4v) is 4.42. The molecule has 0 spiro atoms. The Hall–Kier alpha value is -4.39. The molecule has 1 unspecified atom stereocenters. The second-order valence-electron chi connectivity index (χ2n) is 8.35. The van der Waals surface area contributed by atoms with Crippen molar-refractivity contribution in [2.24, 2.45) is 0 Å². The normalized spacial score (nSPS) is 14.7. The van der Waals surface area contributed by atoms with Crippen LogP contribution in [0.25, 0.3) is 11.3 Å². The van der Waals surface area contributed by atoms with Gasteiger partial charge in [-0.15, -0.1) is 0 Å². The molecule has 7 heteroatoms. The SMILES string of the molecule is CCOC(=O)c1ccc(N2C(=O)c3[nH]nc(-c4ccc(C)cc4)c3C2c2ccc(OC)cc2)cc1. The van der Waals surface area contributed by atoms with E-state index in [4.69, 9.17) is 9.47 Å². The third kappa shape index (κ3) is 3.95. The van der Waals surface area contributed by atoms with Crippen LogP contribution in [0, 0.1) is 6.92 Å². The summed E-state index contributed by atoms with van der Waals surface area (Å²) in [4.78, 5) is 27.5. The van der Waals surface area contributed by atoms with Gasteiger partial charge in [0.15, 0.2) is 0 Å². The van der Waals surface area contributed by atoms with Gasteiger partial charge in [0.25, 0.3) is 5.91 Å². The lowest BCUT2D eigenvalue weighted by molar-refractivity contribution is 0.0526. The Morgan fingerprint density at radius 2 is 1.69 bits per heavy atom. The fourth-order valence-electron chi connectivity index (χ4n) is 4.42. The van der Waals surface area contributed by atoms with Crippen LogP contribution in [-0.2, 0) is 4.74 Å². The van der Waals surface area contributed by atoms with Gasteiger partial charge < -0.3 is 9.47 Å². The minimum Gasteiger partial charge on any atom is -0.497 e. The molecule has 3 aromatic carbocycles. The predicted molar refractivity (Wildman–Crippen MR) is 133 cm³/mol. The number of aromatic amines is 1. The van der Waals surface area contributed by atoms with E-state index in [0.29, 0.717) is 23.6 Å². The summed E-state index contributed by atoms with van der Waals surface area (Å²) >= 11 is 0. The molecule has 0 radical (unpaired) electrons. The average molecular weight is 468 g/mol. The van der Waals surface area contributed by atoms with Crippen LogP contribution < -0.4 is 9.64 Å². The molecule has 0 saturated carbocycles. The molecule has 1 N–H and O–H groups in total. The van der Waals surface area contributed by atoms with Gasteiger partial charge in [0.1, 0.15) is 11.4 Å². The Kier molecular flexibility index (Phi) is 5.82. The second kappa shape index (κ2) is 9.10. The van der Waals surface area contributed by atoms with Gasteiger partial charge in [-0.3, -0.25) is 14.8 Å². The molecule has 2 heterocycles. The topological polar surface area (TPSA) is 84.5 Å². The van der Waals surface area contributed by atoms with E-state index in [-0.39, 0.29) is 5.91 Å². The predicted octanol–water partition coefficient (Wildman–Crippen LogP) is 5.32. The fraction of sp³-hybridized carbons (Fsp3) is 0.179. The molecule has 5 rings (SSSR count). The summed E-state index contributed by atoms with van der Waals surface area (Å²) < 4.78 is 10.4. The first-order chi connectivity index (χ1) is 17.0. The number of H-pyrrole nitrogens is 1. The summed E-state index contributed by atoms with van der Waals surface area (Å²) in [7, 11) is 1.62. The van der Waals surface area contributed by atoms with Gasteiger partial charge in [-0.05, 0) is 55.8 Å². The van der Waals surface area contributed by atoms with Gasteiger partial charge in [-0.1, -0.05) is 42.0 Å². The van der Waals surface area contributed by atoms with Crippen molar-refractivity contribution >= 4 is 17.6 Å². The van der Waals surface area contributed by atoms with Crippen LogP contribution in [-0.4, -0.2) is 35.8 Å². The molecule has 1 aliphatic heterocycles. The summed E-state index contributed by atoms with van der Waals surface area (Å²) in [5.74, 6) is 0.153. The number of methoxy groups -OCH3 is 1. The Balaban J connectivity index is 1.62. The number of esters is 1. The minimum atomic E-state index is -0.410. The van der Waals surface area contributed by atoms with Crippen LogP contribution in [0.1, 0.15) is 50.5 Å². The molecule has 35 heavy (non-hydrogen) atoms. The highest BCUT2D eigenvalue weighted by Crippen LogP contribution is 2.45. The zero-order chi connectivity index (χ0) is 24.5. The smallest absolute Gasteiger partial charge is 0.338 e. The Labute approximate surface area is 203 Å². The first-order valence-electron chi connectivity index (χ1n) is 11.4. The first-order valence-corrected chi connectivity index (χ1v) is 11.4. The van der Waals surface area contributed by atoms with E-state index in [1.54, 1.807) is 43.2 Å². The quantitative estimate of drug-likeness (QED) is 0.388. The molecule has 0 aliphatic carbocycles. The molecule has 1 aromatic heterocycles. The number of ether oxygens (including phenoxy) is 2. The number of amides is 1. The molecule has 1 atom stereocenters. The highest BCUT2D eigenvalue weighted by molar-refractivity contribution is 6.12. The van der Waals surface area contributed by atoms with Gasteiger partial charge in [0.05, 0.1) is 31.0 Å². The number of hydrogen-bond donors (Lipinski definition) is 1. The average Bonchev–Trinajstić information content (AvgIpc) is 3.44. The van der Waals surface area contributed by atoms with Crippen molar-refractivity contribution in [2.45, 2.75) is 19.9 Å². The maximum Gasteiger partial charge on any atom is 0.338 e. The Morgan fingerprint density at radius 1 is 1.00 bits per heavy atom. The van der Waals surface area contributed by atoms with Crippen LogP contribution in [0.5, 0.6) is 5.75 Å². The van der Waals surface area contributed by atoms with Gasteiger partial charge in [0.2, 0.25) is 0 Å². The van der Waals surface area contributed by atoms with Crippen molar-refractivity contribution in [3.63, 3.8) is 0 Å². The zero-order valence-electron chi connectivity index (χ0n) is 19.7. The summed E-state index contributed by atoms with van der Waals surface area (Å²) in [6.45, 7) is 4.10. The molecule has 1 amide bonds. The molecule has 176 valence electrons. The lowest BCUT2D eigenvalue weighted by atomic mass is 9.95. The molecule has 0 saturated heterocycles. The van der Waals surface area contributed by atoms with Gasteiger partial charge in [-0.25, -0.2) is 4.79 Å². The maximum absolute atomic E-state index is 13.7. The standard InChI is InChI=1S/C28H25N3O4/c1-4-35-28(33)20-9-13-21(14-10-20)31-26(19-11-15-22(34-3)16-12-19)23-24(29-30-25(23)27(31)32)18-7-5-17(2)6-8-18/h5-16,26H,4H2,1-3H3,(H,29,30). The van der Waals surface area contributed by atoms with E-state index >= 15 is 0 Å². The summed E-state index contributed by atoms with van der Waals surface area (Å²) in [6.07, 6.45) is 0. The number of aryl methyl sites for hydroxylation is 1. The van der Waals surface area contributed by atoms with Crippen molar-refractivity contribution in [3.05, 3.63) is 101 Å². The van der Waals surface area contributed by atoms with E-state index < -0.39 is 12.0 Å². The molecular formula is C28H25N3O4. The van der Waals surface area contributed by atoms with Crippen molar-refractivity contribution in [2.75, 3.05) is 18.6 Å². The number of anilines is 1. The third-order valence-electron chi connectivity index (χ3n) is 6.18. The first kappa shape index (κ1) is 22.4. The Bertz CT molecular complexity index is 1370. The number of nitrogens with one attached hydrogen (secondary N) is 1. The van der Waals surface area contributed by atoms with Crippen molar-refractivity contribution in [3.8, 4) is 17.0 Å². The highest BCUT2D eigenvalue weighted by Gasteiger charge is 2.43. The van der Waals surface area contributed by atoms with E-state index in [9.17, 15) is 9.59 Å².